The predicted molar refractivity (Wildman–Crippen MR) is 133 cm³/mol. The molecule has 5 rings (SSSR count). The molecular formula is C26H29N3O3S. The summed E-state index contributed by atoms with van der Waals surface area (Å²) in [5.74, 6) is 0. The molecule has 3 aromatic carbocycles. The molecule has 2 atom stereocenters. The number of carbonyl (C=O) groups excluding carboxylic acids is 1. The van der Waals surface area contributed by atoms with Crippen molar-refractivity contribution in [3.63, 3.8) is 0 Å². The van der Waals surface area contributed by atoms with Crippen LogP contribution in [0.4, 0.5) is 10.5 Å². The molecule has 0 aliphatic carbocycles. The summed E-state index contributed by atoms with van der Waals surface area (Å²) < 4.78 is 22.2. The number of benzene rings is 3. The van der Waals surface area contributed by atoms with Crippen molar-refractivity contribution in [2.24, 2.45) is 0 Å². The highest BCUT2D eigenvalue weighted by atomic mass is 32.3. The van der Waals surface area contributed by atoms with E-state index in [1.165, 1.54) is 11.1 Å². The molecule has 0 fully saturated rings. The second-order valence-electron chi connectivity index (χ2n) is 9.04. The van der Waals surface area contributed by atoms with Gasteiger partial charge in [0.15, 0.2) is 0 Å². The van der Waals surface area contributed by atoms with Crippen molar-refractivity contribution in [3.05, 3.63) is 94.5 Å². The van der Waals surface area contributed by atoms with Crippen molar-refractivity contribution >= 4 is 22.3 Å². The quantitative estimate of drug-likeness (QED) is 0.387. The Labute approximate surface area is 196 Å². The molecule has 3 aromatic rings. The molecule has 0 saturated carbocycles. The van der Waals surface area contributed by atoms with Gasteiger partial charge in [0.1, 0.15) is 0 Å². The van der Waals surface area contributed by atoms with Gasteiger partial charge in [-0.15, -0.1) is 0 Å². The van der Waals surface area contributed by atoms with Gasteiger partial charge < -0.3 is 10.6 Å². The number of hydrogen-bond acceptors (Lipinski definition) is 4. The summed E-state index contributed by atoms with van der Waals surface area (Å²) in [6.07, 6.45) is 0.532. The maximum atomic E-state index is 12.5. The minimum absolute atomic E-state index is 0.129. The molecule has 1 unspecified atom stereocenters. The van der Waals surface area contributed by atoms with Crippen LogP contribution in [-0.2, 0) is 19.5 Å². The Morgan fingerprint density at radius 3 is 2.55 bits per heavy atom. The van der Waals surface area contributed by atoms with Crippen molar-refractivity contribution in [2.45, 2.75) is 42.6 Å². The summed E-state index contributed by atoms with van der Waals surface area (Å²) >= 11 is 0. The number of nitrogens with zero attached hydrogens (tertiary/aromatic N) is 1. The first-order chi connectivity index (χ1) is 15.8. The lowest BCUT2D eigenvalue weighted by molar-refractivity contribution is 0.249. The van der Waals surface area contributed by atoms with Crippen molar-refractivity contribution in [2.75, 3.05) is 12.4 Å². The Kier molecular flexibility index (Phi) is 5.66. The second kappa shape index (κ2) is 8.50. The molecule has 7 heteroatoms. The molecule has 2 amide bonds. The Hall–Kier alpha value is -2.84. The lowest BCUT2D eigenvalue weighted by Crippen LogP contribution is -2.31. The van der Waals surface area contributed by atoms with E-state index in [1.54, 1.807) is 12.1 Å². The summed E-state index contributed by atoms with van der Waals surface area (Å²) in [6.45, 7) is 3.75. The van der Waals surface area contributed by atoms with Crippen LogP contribution in [0.2, 0.25) is 0 Å². The van der Waals surface area contributed by atoms with Gasteiger partial charge in [0.25, 0.3) is 0 Å². The highest BCUT2D eigenvalue weighted by Gasteiger charge is 2.38. The monoisotopic (exact) mass is 463 g/mol. The third-order valence-electron chi connectivity index (χ3n) is 6.57. The Morgan fingerprint density at radius 1 is 1.00 bits per heavy atom. The molecule has 172 valence electrons. The van der Waals surface area contributed by atoms with Crippen LogP contribution in [0.5, 0.6) is 0 Å². The van der Waals surface area contributed by atoms with Crippen molar-refractivity contribution in [3.8, 4) is 0 Å². The normalized spacial score (nSPS) is 20.5. The molecule has 0 spiro atoms. The van der Waals surface area contributed by atoms with Gasteiger partial charge in [-0.3, -0.25) is 14.0 Å². The average molecular weight is 464 g/mol. The fourth-order valence-corrected chi connectivity index (χ4v) is 6.90. The summed E-state index contributed by atoms with van der Waals surface area (Å²) in [4.78, 5) is 15.3. The van der Waals surface area contributed by atoms with Crippen LogP contribution >= 0.6 is 10.6 Å². The van der Waals surface area contributed by atoms with E-state index in [4.69, 9.17) is 0 Å². The minimum atomic E-state index is -2.97. The highest BCUT2D eigenvalue weighted by Crippen LogP contribution is 2.67. The topological polar surface area (TPSA) is 84.8 Å². The number of nitrogens with one attached hydrogen (secondary N) is 2. The number of hydrogen-bond donors (Lipinski definition) is 4. The van der Waals surface area contributed by atoms with E-state index >= 15 is 0 Å². The molecule has 0 aromatic heterocycles. The smallest absolute Gasteiger partial charge is 0.319 e. The van der Waals surface area contributed by atoms with Gasteiger partial charge in [-0.25, -0.2) is 4.79 Å². The number of carbonyl (C=O) groups is 1. The van der Waals surface area contributed by atoms with Crippen LogP contribution < -0.4 is 10.6 Å². The fraction of sp³-hybridized carbons (Fsp3) is 0.269. The summed E-state index contributed by atoms with van der Waals surface area (Å²) in [5.41, 5.74) is 6.05. The molecule has 2 heterocycles. The molecule has 2 aliphatic heterocycles. The number of amides is 2. The molecule has 6 nitrogen and oxygen atoms in total. The highest BCUT2D eigenvalue weighted by molar-refractivity contribution is 8.24. The lowest BCUT2D eigenvalue weighted by atomic mass is 10.00. The van der Waals surface area contributed by atoms with Gasteiger partial charge in [0, 0.05) is 18.8 Å². The van der Waals surface area contributed by atoms with E-state index in [-0.39, 0.29) is 17.3 Å². The average Bonchev–Trinajstić information content (AvgIpc) is 3.28. The standard InChI is InChI=1S/C26H29N3O3S/c1-17(18-6-4-3-5-7-18)27-26(30)28-23-10-11-24-21(13-23)14-25(33(24,31)32)19-8-9-20-15-29(2)16-22(20)12-19/h3-13,17,25,31-32H,14-16H2,1-2H3,(H2,27,28,30)/t17-,25?/m0/s1. The van der Waals surface area contributed by atoms with E-state index in [0.717, 1.165) is 29.8 Å². The molecule has 4 N–H and O–H groups in total. The number of urea groups is 1. The van der Waals surface area contributed by atoms with E-state index in [1.807, 2.05) is 49.4 Å². The van der Waals surface area contributed by atoms with E-state index in [9.17, 15) is 13.9 Å². The third-order valence-corrected chi connectivity index (χ3v) is 8.85. The van der Waals surface area contributed by atoms with Gasteiger partial charge in [-0.2, -0.15) is 10.6 Å². The molecule has 33 heavy (non-hydrogen) atoms. The lowest BCUT2D eigenvalue weighted by Gasteiger charge is -2.35. The van der Waals surface area contributed by atoms with Gasteiger partial charge in [0.2, 0.25) is 0 Å². The fourth-order valence-electron chi connectivity index (χ4n) is 4.86. The molecule has 0 radical (unpaired) electrons. The van der Waals surface area contributed by atoms with E-state index in [0.29, 0.717) is 17.0 Å². The van der Waals surface area contributed by atoms with Crippen LogP contribution in [0.1, 0.15) is 46.0 Å². The molecule has 0 saturated heterocycles. The van der Waals surface area contributed by atoms with E-state index in [2.05, 4.69) is 34.7 Å². The van der Waals surface area contributed by atoms with E-state index < -0.39 is 10.6 Å². The third kappa shape index (κ3) is 4.25. The first-order valence-electron chi connectivity index (χ1n) is 11.1. The first-order valence-corrected chi connectivity index (χ1v) is 12.7. The SMILES string of the molecule is C[C@H](NC(=O)Nc1ccc2c(c1)CC(c1ccc3c(c1)CN(C)C3)S2(O)O)c1ccccc1. The van der Waals surface area contributed by atoms with Gasteiger partial charge in [-0.1, -0.05) is 48.5 Å². The molecule has 2 aliphatic rings. The first kappa shape index (κ1) is 22.0. The Bertz CT molecular complexity index is 1200. The maximum Gasteiger partial charge on any atom is 0.319 e. The zero-order chi connectivity index (χ0) is 23.2. The Balaban J connectivity index is 1.31. The van der Waals surface area contributed by atoms with Crippen LogP contribution in [-0.4, -0.2) is 27.1 Å². The van der Waals surface area contributed by atoms with Crippen molar-refractivity contribution in [1.82, 2.24) is 10.2 Å². The van der Waals surface area contributed by atoms with Crippen LogP contribution in [0.15, 0.2) is 71.6 Å². The van der Waals surface area contributed by atoms with Crippen LogP contribution in [0.25, 0.3) is 0 Å². The minimum Gasteiger partial charge on any atom is -0.331 e. The van der Waals surface area contributed by atoms with Gasteiger partial charge in [-0.05, 0) is 66.4 Å². The summed E-state index contributed by atoms with van der Waals surface area (Å²) in [6, 6.07) is 21.0. The maximum absolute atomic E-state index is 12.5. The zero-order valence-electron chi connectivity index (χ0n) is 18.8. The number of anilines is 1. The second-order valence-corrected chi connectivity index (χ2v) is 11.2. The van der Waals surface area contributed by atoms with Crippen molar-refractivity contribution in [1.29, 1.82) is 0 Å². The van der Waals surface area contributed by atoms with Crippen LogP contribution in [0.3, 0.4) is 0 Å². The summed E-state index contributed by atoms with van der Waals surface area (Å²) in [5, 5.41) is 5.46. The Morgan fingerprint density at radius 2 is 1.76 bits per heavy atom. The van der Waals surface area contributed by atoms with Gasteiger partial charge >= 0.3 is 6.03 Å². The largest absolute Gasteiger partial charge is 0.331 e. The van der Waals surface area contributed by atoms with Crippen molar-refractivity contribution < 1.29 is 13.9 Å². The molecule has 0 bridgehead atoms. The predicted octanol–water partition coefficient (Wildman–Crippen LogP) is 5.92. The number of rotatable bonds is 4. The molecular weight excluding hydrogens is 434 g/mol. The van der Waals surface area contributed by atoms with Crippen LogP contribution in [0, 0.1) is 0 Å². The number of fused-ring (bicyclic) bond motifs is 2. The zero-order valence-corrected chi connectivity index (χ0v) is 19.6. The van der Waals surface area contributed by atoms with Gasteiger partial charge in [0.05, 0.1) is 16.2 Å². The summed E-state index contributed by atoms with van der Waals surface area (Å²) in [7, 11) is -0.885.